The maximum absolute atomic E-state index is 12.5. The summed E-state index contributed by atoms with van der Waals surface area (Å²) in [5.41, 5.74) is 5.23. The van der Waals surface area contributed by atoms with E-state index in [4.69, 9.17) is 4.74 Å². The minimum absolute atomic E-state index is 0.0831. The molecule has 0 aliphatic carbocycles. The third-order valence-corrected chi connectivity index (χ3v) is 4.92. The first-order valence-corrected chi connectivity index (χ1v) is 9.05. The fourth-order valence-corrected chi connectivity index (χ4v) is 3.22. The molecule has 0 spiro atoms. The normalized spacial score (nSPS) is 10.5. The van der Waals surface area contributed by atoms with E-state index >= 15 is 0 Å². The van der Waals surface area contributed by atoms with Crippen molar-refractivity contribution in [3.8, 4) is 5.75 Å². The summed E-state index contributed by atoms with van der Waals surface area (Å²) in [6.45, 7) is 6.50. The molecule has 0 saturated carbocycles. The van der Waals surface area contributed by atoms with Crippen molar-refractivity contribution in [2.75, 3.05) is 5.32 Å². The summed E-state index contributed by atoms with van der Waals surface area (Å²) in [7, 11) is 0. The molecule has 128 valence electrons. The van der Waals surface area contributed by atoms with Crippen molar-refractivity contribution in [1.82, 2.24) is 0 Å². The molecule has 0 fully saturated rings. The van der Waals surface area contributed by atoms with Crippen LogP contribution in [0, 0.1) is 20.8 Å². The summed E-state index contributed by atoms with van der Waals surface area (Å²) in [6.07, 6.45) is 0. The average Bonchev–Trinajstić information content (AvgIpc) is 3.07. The lowest BCUT2D eigenvalue weighted by atomic mass is 10.1. The van der Waals surface area contributed by atoms with Gasteiger partial charge in [-0.1, -0.05) is 29.8 Å². The van der Waals surface area contributed by atoms with Crippen LogP contribution >= 0.6 is 11.3 Å². The zero-order chi connectivity index (χ0) is 17.8. The molecule has 3 nitrogen and oxygen atoms in total. The second kappa shape index (κ2) is 7.53. The summed E-state index contributed by atoms with van der Waals surface area (Å²) in [6, 6.07) is 15.9. The third-order valence-electron chi connectivity index (χ3n) is 3.95. The molecule has 25 heavy (non-hydrogen) atoms. The third kappa shape index (κ3) is 4.48. The lowest BCUT2D eigenvalue weighted by molar-refractivity contribution is 0.103. The standard InChI is InChI=1S/C21H21NO2S/c1-14-5-8-18(9-6-14)24-12-17-11-20(25-13-17)21(23)22-19-10-15(2)4-7-16(19)3/h4-11,13H,12H2,1-3H3,(H,22,23). The first-order valence-electron chi connectivity index (χ1n) is 8.17. The molecule has 0 saturated heterocycles. The van der Waals surface area contributed by atoms with Crippen LogP contribution in [0.25, 0.3) is 0 Å². The monoisotopic (exact) mass is 351 g/mol. The molecule has 1 N–H and O–H groups in total. The quantitative estimate of drug-likeness (QED) is 0.659. The van der Waals surface area contributed by atoms with Gasteiger partial charge >= 0.3 is 0 Å². The molecule has 0 unspecified atom stereocenters. The van der Waals surface area contributed by atoms with Crippen molar-refractivity contribution >= 4 is 22.9 Å². The van der Waals surface area contributed by atoms with Gasteiger partial charge in [0, 0.05) is 11.3 Å². The summed E-state index contributed by atoms with van der Waals surface area (Å²) < 4.78 is 5.77. The Hall–Kier alpha value is -2.59. The predicted octanol–water partition coefficient (Wildman–Crippen LogP) is 5.50. The number of amides is 1. The second-order valence-electron chi connectivity index (χ2n) is 6.19. The van der Waals surface area contributed by atoms with E-state index in [9.17, 15) is 4.79 Å². The maximum Gasteiger partial charge on any atom is 0.265 e. The second-order valence-corrected chi connectivity index (χ2v) is 7.10. The number of thiophene rings is 1. The molecule has 2 aromatic carbocycles. The Morgan fingerprint density at radius 1 is 1.00 bits per heavy atom. The Labute approximate surface area is 152 Å². The highest BCUT2D eigenvalue weighted by atomic mass is 32.1. The minimum Gasteiger partial charge on any atom is -0.489 e. The Balaban J connectivity index is 1.63. The highest BCUT2D eigenvalue weighted by Gasteiger charge is 2.11. The van der Waals surface area contributed by atoms with E-state index in [1.165, 1.54) is 16.9 Å². The van der Waals surface area contributed by atoms with Crippen molar-refractivity contribution < 1.29 is 9.53 Å². The first kappa shape index (κ1) is 17.2. The average molecular weight is 351 g/mol. The lowest BCUT2D eigenvalue weighted by Crippen LogP contribution is -2.11. The Kier molecular flexibility index (Phi) is 5.19. The lowest BCUT2D eigenvalue weighted by Gasteiger charge is -2.08. The van der Waals surface area contributed by atoms with E-state index in [0.29, 0.717) is 11.5 Å². The van der Waals surface area contributed by atoms with Crippen molar-refractivity contribution in [3.63, 3.8) is 0 Å². The number of hydrogen-bond donors (Lipinski definition) is 1. The Morgan fingerprint density at radius 3 is 2.48 bits per heavy atom. The van der Waals surface area contributed by atoms with Crippen LogP contribution in [-0.2, 0) is 6.61 Å². The summed E-state index contributed by atoms with van der Waals surface area (Å²) in [4.78, 5) is 13.1. The van der Waals surface area contributed by atoms with Gasteiger partial charge in [0.1, 0.15) is 12.4 Å². The summed E-state index contributed by atoms with van der Waals surface area (Å²) in [5.74, 6) is 0.749. The van der Waals surface area contributed by atoms with Crippen molar-refractivity contribution in [2.45, 2.75) is 27.4 Å². The number of carbonyl (C=O) groups is 1. The molecule has 4 heteroatoms. The van der Waals surface area contributed by atoms with E-state index in [2.05, 4.69) is 5.32 Å². The molecule has 0 bridgehead atoms. The topological polar surface area (TPSA) is 38.3 Å². The molecular formula is C21H21NO2S. The molecule has 1 amide bonds. The van der Waals surface area contributed by atoms with Crippen molar-refractivity contribution in [2.24, 2.45) is 0 Å². The molecule has 1 aromatic heterocycles. The van der Waals surface area contributed by atoms with Crippen LogP contribution in [0.5, 0.6) is 5.75 Å². The number of ether oxygens (including phenoxy) is 1. The van der Waals surface area contributed by atoms with Gasteiger partial charge in [0.25, 0.3) is 5.91 Å². The van der Waals surface area contributed by atoms with Gasteiger partial charge in [0.05, 0.1) is 4.88 Å². The van der Waals surface area contributed by atoms with E-state index in [0.717, 1.165) is 28.1 Å². The van der Waals surface area contributed by atoms with Gasteiger partial charge in [-0.05, 0) is 61.5 Å². The zero-order valence-electron chi connectivity index (χ0n) is 14.6. The van der Waals surface area contributed by atoms with Crippen LogP contribution in [0.15, 0.2) is 53.9 Å². The molecule has 3 rings (SSSR count). The number of aryl methyl sites for hydroxylation is 3. The van der Waals surface area contributed by atoms with E-state index in [1.807, 2.05) is 74.7 Å². The largest absolute Gasteiger partial charge is 0.489 e. The van der Waals surface area contributed by atoms with Crippen molar-refractivity contribution in [3.05, 3.63) is 81.0 Å². The van der Waals surface area contributed by atoms with Gasteiger partial charge in [-0.3, -0.25) is 4.79 Å². The fraction of sp³-hybridized carbons (Fsp3) is 0.190. The van der Waals surface area contributed by atoms with Gasteiger partial charge in [-0.25, -0.2) is 0 Å². The Bertz CT molecular complexity index is 881. The van der Waals surface area contributed by atoms with Gasteiger partial charge < -0.3 is 10.1 Å². The Morgan fingerprint density at radius 2 is 1.72 bits per heavy atom. The smallest absolute Gasteiger partial charge is 0.265 e. The van der Waals surface area contributed by atoms with Crippen LogP contribution < -0.4 is 10.1 Å². The molecule has 0 aliphatic heterocycles. The molecular weight excluding hydrogens is 330 g/mol. The van der Waals surface area contributed by atoms with Crippen LogP contribution in [0.2, 0.25) is 0 Å². The minimum atomic E-state index is -0.0831. The molecule has 0 radical (unpaired) electrons. The summed E-state index contributed by atoms with van der Waals surface area (Å²) in [5, 5.41) is 4.96. The van der Waals surface area contributed by atoms with Crippen LogP contribution in [0.1, 0.15) is 31.9 Å². The van der Waals surface area contributed by atoms with Crippen LogP contribution in [0.4, 0.5) is 5.69 Å². The van der Waals surface area contributed by atoms with Gasteiger partial charge in [-0.2, -0.15) is 0 Å². The van der Waals surface area contributed by atoms with E-state index < -0.39 is 0 Å². The highest BCUT2D eigenvalue weighted by molar-refractivity contribution is 7.12. The molecule has 0 atom stereocenters. The first-order chi connectivity index (χ1) is 12.0. The fourth-order valence-electron chi connectivity index (χ4n) is 2.43. The van der Waals surface area contributed by atoms with E-state index in [1.54, 1.807) is 0 Å². The highest BCUT2D eigenvalue weighted by Crippen LogP contribution is 2.21. The predicted molar refractivity (Wildman–Crippen MR) is 104 cm³/mol. The van der Waals surface area contributed by atoms with Gasteiger partial charge in [-0.15, -0.1) is 11.3 Å². The molecule has 0 aliphatic rings. The number of benzene rings is 2. The van der Waals surface area contributed by atoms with E-state index in [-0.39, 0.29) is 5.91 Å². The van der Waals surface area contributed by atoms with Crippen LogP contribution in [-0.4, -0.2) is 5.91 Å². The zero-order valence-corrected chi connectivity index (χ0v) is 15.4. The summed E-state index contributed by atoms with van der Waals surface area (Å²) >= 11 is 1.43. The SMILES string of the molecule is Cc1ccc(OCc2csc(C(=O)Nc3cc(C)ccc3C)c2)cc1. The number of rotatable bonds is 5. The number of nitrogens with one attached hydrogen (secondary N) is 1. The van der Waals surface area contributed by atoms with Gasteiger partial charge in [0.2, 0.25) is 0 Å². The number of hydrogen-bond acceptors (Lipinski definition) is 3. The molecule has 1 heterocycles. The molecule has 3 aromatic rings. The van der Waals surface area contributed by atoms with Crippen LogP contribution in [0.3, 0.4) is 0 Å². The number of anilines is 1. The maximum atomic E-state index is 12.5. The number of carbonyl (C=O) groups excluding carboxylic acids is 1. The van der Waals surface area contributed by atoms with Crippen molar-refractivity contribution in [1.29, 1.82) is 0 Å². The van der Waals surface area contributed by atoms with Gasteiger partial charge in [0.15, 0.2) is 0 Å².